The number of ether oxygens (including phenoxy) is 1. The van der Waals surface area contributed by atoms with Crippen LogP contribution in [0.15, 0.2) is 21.1 Å². The van der Waals surface area contributed by atoms with E-state index in [4.69, 9.17) is 4.74 Å². The Bertz CT molecular complexity index is 455. The molecule has 0 heterocycles. The van der Waals surface area contributed by atoms with Crippen LogP contribution in [0.1, 0.15) is 19.4 Å². The number of hydrogen-bond donors (Lipinski definition) is 1. The maximum Gasteiger partial charge on any atom is 0.138 e. The van der Waals surface area contributed by atoms with Crippen molar-refractivity contribution in [3.05, 3.63) is 26.6 Å². The summed E-state index contributed by atoms with van der Waals surface area (Å²) in [6.07, 6.45) is 1.73. The molecule has 0 bridgehead atoms. The Morgan fingerprint density at radius 2 is 2.11 bits per heavy atom. The number of benzene rings is 1. The first kappa shape index (κ1) is 17.1. The Kier molecular flexibility index (Phi) is 7.57. The lowest BCUT2D eigenvalue weighted by Gasteiger charge is -2.15. The van der Waals surface area contributed by atoms with Gasteiger partial charge in [-0.25, -0.2) is 0 Å². The van der Waals surface area contributed by atoms with Crippen LogP contribution in [-0.4, -0.2) is 28.9 Å². The van der Waals surface area contributed by atoms with Gasteiger partial charge in [0.05, 0.1) is 11.1 Å². The Hall–Kier alpha value is 0.0900. The highest BCUT2D eigenvalue weighted by Gasteiger charge is 2.11. The fraction of sp³-hybridized carbons (Fsp3) is 0.538. The van der Waals surface area contributed by atoms with Crippen molar-refractivity contribution >= 4 is 42.7 Å². The highest BCUT2D eigenvalue weighted by atomic mass is 79.9. The Labute approximate surface area is 134 Å². The molecule has 108 valence electrons. The lowest BCUT2D eigenvalue weighted by Crippen LogP contribution is -2.27. The molecule has 0 aliphatic carbocycles. The van der Waals surface area contributed by atoms with Gasteiger partial charge in [-0.2, -0.15) is 0 Å². The normalized spacial score (nSPS) is 14.2. The minimum absolute atomic E-state index is 0.145. The molecule has 3 nitrogen and oxygen atoms in total. The summed E-state index contributed by atoms with van der Waals surface area (Å²) in [5.41, 5.74) is 1.08. The Morgan fingerprint density at radius 1 is 1.42 bits per heavy atom. The van der Waals surface area contributed by atoms with Crippen LogP contribution in [0.5, 0.6) is 5.75 Å². The molecule has 1 N–H and O–H groups in total. The number of halogens is 2. The zero-order valence-electron chi connectivity index (χ0n) is 11.3. The van der Waals surface area contributed by atoms with Gasteiger partial charge in [0.1, 0.15) is 5.75 Å². The topological polar surface area (TPSA) is 38.3 Å². The molecule has 0 aromatic heterocycles. The second-order valence-corrected chi connectivity index (χ2v) is 7.82. The fourth-order valence-electron chi connectivity index (χ4n) is 1.58. The van der Waals surface area contributed by atoms with E-state index in [1.807, 2.05) is 26.0 Å². The van der Waals surface area contributed by atoms with Crippen molar-refractivity contribution in [1.29, 1.82) is 0 Å². The largest absolute Gasteiger partial charge is 0.492 e. The van der Waals surface area contributed by atoms with Gasteiger partial charge in [0.25, 0.3) is 0 Å². The molecule has 0 aliphatic rings. The quantitative estimate of drug-likeness (QED) is 0.745. The number of rotatable bonds is 7. The third kappa shape index (κ3) is 5.53. The monoisotopic (exact) mass is 411 g/mol. The van der Waals surface area contributed by atoms with Gasteiger partial charge < -0.3 is 10.1 Å². The van der Waals surface area contributed by atoms with Gasteiger partial charge in [-0.15, -0.1) is 0 Å². The molecule has 6 heteroatoms. The van der Waals surface area contributed by atoms with Crippen molar-refractivity contribution in [3.63, 3.8) is 0 Å². The summed E-state index contributed by atoms with van der Waals surface area (Å²) in [6, 6.07) is 4.01. The van der Waals surface area contributed by atoms with Gasteiger partial charge >= 0.3 is 0 Å². The minimum atomic E-state index is -0.798. The molecule has 0 radical (unpaired) electrons. The van der Waals surface area contributed by atoms with Crippen LogP contribution in [0, 0.1) is 0 Å². The summed E-state index contributed by atoms with van der Waals surface area (Å²) in [4.78, 5) is 0. The van der Waals surface area contributed by atoms with Crippen LogP contribution < -0.4 is 10.1 Å². The summed E-state index contributed by atoms with van der Waals surface area (Å²) in [5.74, 6) is 0.864. The Morgan fingerprint density at radius 3 is 2.68 bits per heavy atom. The summed E-state index contributed by atoms with van der Waals surface area (Å²) in [7, 11) is -0.798. The van der Waals surface area contributed by atoms with Crippen molar-refractivity contribution in [2.75, 3.05) is 19.4 Å². The van der Waals surface area contributed by atoms with E-state index in [0.29, 0.717) is 13.2 Å². The van der Waals surface area contributed by atoms with Crippen molar-refractivity contribution < 1.29 is 8.95 Å². The second kappa shape index (κ2) is 8.39. The summed E-state index contributed by atoms with van der Waals surface area (Å²) in [6.45, 7) is 5.98. The van der Waals surface area contributed by atoms with E-state index in [9.17, 15) is 4.21 Å². The van der Waals surface area contributed by atoms with Gasteiger partial charge in [0, 0.05) is 45.4 Å². The first-order valence-electron chi connectivity index (χ1n) is 6.09. The van der Waals surface area contributed by atoms with Crippen LogP contribution in [0.25, 0.3) is 0 Å². The minimum Gasteiger partial charge on any atom is -0.492 e. The highest BCUT2D eigenvalue weighted by molar-refractivity contribution is 9.11. The molecule has 0 saturated heterocycles. The molecular formula is C13H19Br2NO2S. The zero-order chi connectivity index (χ0) is 14.4. The molecule has 0 spiro atoms. The molecule has 2 atom stereocenters. The highest BCUT2D eigenvalue weighted by Crippen LogP contribution is 2.32. The van der Waals surface area contributed by atoms with E-state index >= 15 is 0 Å². The van der Waals surface area contributed by atoms with Gasteiger partial charge in [-0.05, 0) is 41.9 Å². The van der Waals surface area contributed by atoms with Crippen molar-refractivity contribution in [2.24, 2.45) is 0 Å². The molecule has 0 fully saturated rings. The van der Waals surface area contributed by atoms with E-state index in [2.05, 4.69) is 37.2 Å². The molecule has 0 aliphatic heterocycles. The van der Waals surface area contributed by atoms with E-state index in [-0.39, 0.29) is 5.25 Å². The molecule has 0 saturated carbocycles. The predicted molar refractivity (Wildman–Crippen MR) is 88.2 cm³/mol. The molecule has 2 unspecified atom stereocenters. The average Bonchev–Trinajstić information content (AvgIpc) is 2.33. The standard InChI is InChI=1S/C13H19Br2NO2S/c1-4-18-13-10(5-11(14)6-12(13)15)8-16-7-9(2)19(3)17/h5-6,9,16H,4,7-8H2,1-3H3. The lowest BCUT2D eigenvalue weighted by molar-refractivity contribution is 0.333. The Balaban J connectivity index is 2.73. The van der Waals surface area contributed by atoms with E-state index < -0.39 is 10.8 Å². The van der Waals surface area contributed by atoms with Crippen molar-refractivity contribution in [3.8, 4) is 5.75 Å². The van der Waals surface area contributed by atoms with E-state index in [1.54, 1.807) is 6.26 Å². The zero-order valence-corrected chi connectivity index (χ0v) is 15.3. The molecule has 1 rings (SSSR count). The van der Waals surface area contributed by atoms with Gasteiger partial charge in [-0.3, -0.25) is 4.21 Å². The van der Waals surface area contributed by atoms with Gasteiger partial charge in [0.2, 0.25) is 0 Å². The second-order valence-electron chi connectivity index (χ2n) is 4.25. The van der Waals surface area contributed by atoms with Crippen molar-refractivity contribution in [2.45, 2.75) is 25.6 Å². The molecule has 0 amide bonds. The number of hydrogen-bond acceptors (Lipinski definition) is 3. The maximum absolute atomic E-state index is 11.3. The van der Waals surface area contributed by atoms with Crippen LogP contribution in [0.2, 0.25) is 0 Å². The van der Waals surface area contributed by atoms with Crippen molar-refractivity contribution in [1.82, 2.24) is 5.32 Å². The summed E-state index contributed by atoms with van der Waals surface area (Å²) in [5, 5.41) is 3.47. The smallest absolute Gasteiger partial charge is 0.138 e. The van der Waals surface area contributed by atoms with E-state index in [1.165, 1.54) is 0 Å². The number of nitrogens with one attached hydrogen (secondary N) is 1. The summed E-state index contributed by atoms with van der Waals surface area (Å²) < 4.78 is 18.9. The SMILES string of the molecule is CCOc1c(Br)cc(Br)cc1CNCC(C)S(C)=O. The van der Waals surface area contributed by atoms with Crippen LogP contribution in [0.3, 0.4) is 0 Å². The first-order chi connectivity index (χ1) is 8.95. The first-order valence-corrected chi connectivity index (χ1v) is 9.30. The third-order valence-corrected chi connectivity index (χ3v) is 5.03. The maximum atomic E-state index is 11.3. The molecule has 1 aromatic rings. The predicted octanol–water partition coefficient (Wildman–Crippen LogP) is 3.47. The van der Waals surface area contributed by atoms with Crippen LogP contribution in [0.4, 0.5) is 0 Å². The van der Waals surface area contributed by atoms with Gasteiger partial charge in [-0.1, -0.05) is 15.9 Å². The third-order valence-electron chi connectivity index (χ3n) is 2.69. The fourth-order valence-corrected chi connectivity index (χ4v) is 3.36. The molecular weight excluding hydrogens is 394 g/mol. The van der Waals surface area contributed by atoms with Crippen LogP contribution >= 0.6 is 31.9 Å². The molecule has 1 aromatic carbocycles. The average molecular weight is 413 g/mol. The van der Waals surface area contributed by atoms with Gasteiger partial charge in [0.15, 0.2) is 0 Å². The van der Waals surface area contributed by atoms with Crippen LogP contribution in [-0.2, 0) is 17.3 Å². The summed E-state index contributed by atoms with van der Waals surface area (Å²) >= 11 is 6.99. The lowest BCUT2D eigenvalue weighted by atomic mass is 10.2. The van der Waals surface area contributed by atoms with E-state index in [0.717, 1.165) is 26.8 Å². The molecule has 19 heavy (non-hydrogen) atoms.